The van der Waals surface area contributed by atoms with Gasteiger partial charge in [0.15, 0.2) is 0 Å². The second-order valence-electron chi connectivity index (χ2n) is 7.03. The molecule has 1 aromatic heterocycles. The number of aryl methyl sites for hydroxylation is 3. The van der Waals surface area contributed by atoms with Crippen molar-refractivity contribution in [3.63, 3.8) is 0 Å². The molecule has 0 N–H and O–H groups in total. The number of fused-ring (bicyclic) bond motifs is 1. The van der Waals surface area contributed by atoms with Crippen LogP contribution >= 0.6 is 0 Å². The zero-order valence-electron chi connectivity index (χ0n) is 14.9. The maximum Gasteiger partial charge on any atom is 0.109 e. The maximum absolute atomic E-state index is 4.91. The summed E-state index contributed by atoms with van der Waals surface area (Å²) in [6, 6.07) is 6.63. The first-order valence-corrected chi connectivity index (χ1v) is 9.46. The third-order valence-electron chi connectivity index (χ3n) is 5.00. The van der Waals surface area contributed by atoms with Gasteiger partial charge in [0, 0.05) is 13.0 Å². The van der Waals surface area contributed by atoms with Crippen LogP contribution in [0, 0.1) is 6.92 Å². The lowest BCUT2D eigenvalue weighted by molar-refractivity contribution is 0.224. The predicted molar refractivity (Wildman–Crippen MR) is 98.0 cm³/mol. The van der Waals surface area contributed by atoms with Gasteiger partial charge < -0.3 is 9.47 Å². The Labute approximate surface area is 140 Å². The molecule has 0 spiro atoms. The van der Waals surface area contributed by atoms with Gasteiger partial charge in [-0.15, -0.1) is 0 Å². The average molecular weight is 313 g/mol. The lowest BCUT2D eigenvalue weighted by Gasteiger charge is -2.26. The quantitative estimate of drug-likeness (QED) is 0.699. The fourth-order valence-electron chi connectivity index (χ4n) is 3.75. The summed E-state index contributed by atoms with van der Waals surface area (Å²) in [7, 11) is 0. The summed E-state index contributed by atoms with van der Waals surface area (Å²) >= 11 is 0. The third kappa shape index (κ3) is 4.14. The number of aromatic nitrogens is 2. The number of likely N-dealkylation sites (tertiary alicyclic amines) is 1. The van der Waals surface area contributed by atoms with Crippen molar-refractivity contribution in [1.29, 1.82) is 0 Å². The van der Waals surface area contributed by atoms with Crippen LogP contribution in [-0.2, 0) is 13.0 Å². The van der Waals surface area contributed by atoms with Crippen LogP contribution in [0.4, 0.5) is 0 Å². The average Bonchev–Trinajstić information content (AvgIpc) is 2.90. The molecule has 0 unspecified atom stereocenters. The Morgan fingerprint density at radius 1 is 1.04 bits per heavy atom. The van der Waals surface area contributed by atoms with Gasteiger partial charge >= 0.3 is 0 Å². The van der Waals surface area contributed by atoms with E-state index in [9.17, 15) is 0 Å². The number of imidazole rings is 1. The van der Waals surface area contributed by atoms with Crippen molar-refractivity contribution in [2.45, 2.75) is 65.3 Å². The van der Waals surface area contributed by atoms with Crippen molar-refractivity contribution < 1.29 is 0 Å². The SMILES string of the molecule is CCCn1c(CCCCN2CCCCC2)nc2ccc(C)cc21. The molecule has 1 saturated heterocycles. The fraction of sp³-hybridized carbons (Fsp3) is 0.650. The topological polar surface area (TPSA) is 21.1 Å². The number of hydrogen-bond acceptors (Lipinski definition) is 2. The monoisotopic (exact) mass is 313 g/mol. The van der Waals surface area contributed by atoms with Crippen molar-refractivity contribution >= 4 is 11.0 Å². The van der Waals surface area contributed by atoms with Crippen LogP contribution in [0.25, 0.3) is 11.0 Å². The number of rotatable bonds is 7. The van der Waals surface area contributed by atoms with Crippen molar-refractivity contribution in [3.05, 3.63) is 29.6 Å². The van der Waals surface area contributed by atoms with E-state index in [-0.39, 0.29) is 0 Å². The molecule has 1 aromatic carbocycles. The van der Waals surface area contributed by atoms with E-state index in [1.54, 1.807) is 0 Å². The van der Waals surface area contributed by atoms with Gasteiger partial charge in [-0.25, -0.2) is 4.98 Å². The normalized spacial score (nSPS) is 16.3. The molecule has 0 amide bonds. The first-order chi connectivity index (χ1) is 11.3. The summed E-state index contributed by atoms with van der Waals surface area (Å²) in [6.45, 7) is 9.40. The molecule has 1 fully saturated rings. The Balaban J connectivity index is 1.61. The molecule has 3 heteroatoms. The summed E-state index contributed by atoms with van der Waals surface area (Å²) in [4.78, 5) is 7.55. The smallest absolute Gasteiger partial charge is 0.109 e. The summed E-state index contributed by atoms with van der Waals surface area (Å²) in [5, 5.41) is 0. The minimum Gasteiger partial charge on any atom is -0.328 e. The summed E-state index contributed by atoms with van der Waals surface area (Å²) in [5.74, 6) is 1.28. The van der Waals surface area contributed by atoms with Crippen molar-refractivity contribution in [3.8, 4) is 0 Å². The molecule has 0 saturated carbocycles. The summed E-state index contributed by atoms with van der Waals surface area (Å²) < 4.78 is 2.45. The highest BCUT2D eigenvalue weighted by atomic mass is 15.1. The zero-order valence-corrected chi connectivity index (χ0v) is 14.9. The Hall–Kier alpha value is -1.35. The van der Waals surface area contributed by atoms with E-state index < -0.39 is 0 Å². The Morgan fingerprint density at radius 2 is 1.87 bits per heavy atom. The van der Waals surface area contributed by atoms with Crippen LogP contribution in [0.2, 0.25) is 0 Å². The van der Waals surface area contributed by atoms with E-state index in [1.807, 2.05) is 0 Å². The van der Waals surface area contributed by atoms with Gasteiger partial charge in [-0.3, -0.25) is 0 Å². The van der Waals surface area contributed by atoms with Crippen LogP contribution in [0.1, 0.15) is 56.8 Å². The van der Waals surface area contributed by atoms with Crippen LogP contribution < -0.4 is 0 Å². The minimum absolute atomic E-state index is 1.08. The molecule has 3 rings (SSSR count). The molecule has 0 bridgehead atoms. The van der Waals surface area contributed by atoms with Gasteiger partial charge in [0.1, 0.15) is 5.82 Å². The highest BCUT2D eigenvalue weighted by Crippen LogP contribution is 2.20. The van der Waals surface area contributed by atoms with E-state index in [4.69, 9.17) is 4.98 Å². The number of hydrogen-bond donors (Lipinski definition) is 0. The van der Waals surface area contributed by atoms with Crippen molar-refractivity contribution in [2.24, 2.45) is 0 Å². The fourth-order valence-corrected chi connectivity index (χ4v) is 3.75. The second-order valence-corrected chi connectivity index (χ2v) is 7.03. The highest BCUT2D eigenvalue weighted by Gasteiger charge is 2.12. The number of benzene rings is 1. The molecule has 23 heavy (non-hydrogen) atoms. The second kappa shape index (κ2) is 7.96. The molecule has 0 aliphatic carbocycles. The lowest BCUT2D eigenvalue weighted by Crippen LogP contribution is -2.30. The Morgan fingerprint density at radius 3 is 2.65 bits per heavy atom. The molecule has 3 nitrogen and oxygen atoms in total. The molecule has 1 aliphatic heterocycles. The van der Waals surface area contributed by atoms with E-state index in [1.165, 1.54) is 75.1 Å². The van der Waals surface area contributed by atoms with Gasteiger partial charge in [0.25, 0.3) is 0 Å². The van der Waals surface area contributed by atoms with E-state index in [2.05, 4.69) is 41.5 Å². The maximum atomic E-state index is 4.91. The highest BCUT2D eigenvalue weighted by molar-refractivity contribution is 5.76. The van der Waals surface area contributed by atoms with Crippen molar-refractivity contribution in [1.82, 2.24) is 14.5 Å². The third-order valence-corrected chi connectivity index (χ3v) is 5.00. The van der Waals surface area contributed by atoms with Crippen LogP contribution in [-0.4, -0.2) is 34.1 Å². The first-order valence-electron chi connectivity index (χ1n) is 9.46. The first kappa shape index (κ1) is 16.5. The van der Waals surface area contributed by atoms with Gasteiger partial charge in [0.2, 0.25) is 0 Å². The zero-order chi connectivity index (χ0) is 16.1. The molecular weight excluding hydrogens is 282 g/mol. The Bertz CT molecular complexity index is 623. The largest absolute Gasteiger partial charge is 0.328 e. The van der Waals surface area contributed by atoms with Crippen LogP contribution in [0.5, 0.6) is 0 Å². The molecule has 2 heterocycles. The van der Waals surface area contributed by atoms with Crippen LogP contribution in [0.15, 0.2) is 18.2 Å². The molecule has 2 aromatic rings. The van der Waals surface area contributed by atoms with E-state index in [0.717, 1.165) is 18.5 Å². The van der Waals surface area contributed by atoms with Crippen LogP contribution in [0.3, 0.4) is 0 Å². The van der Waals surface area contributed by atoms with E-state index in [0.29, 0.717) is 0 Å². The van der Waals surface area contributed by atoms with Gasteiger partial charge in [-0.2, -0.15) is 0 Å². The molecule has 0 atom stereocenters. The number of unbranched alkanes of at least 4 members (excludes halogenated alkanes) is 1. The van der Waals surface area contributed by atoms with E-state index >= 15 is 0 Å². The molecule has 0 radical (unpaired) electrons. The summed E-state index contributed by atoms with van der Waals surface area (Å²) in [6.07, 6.45) is 9.05. The summed E-state index contributed by atoms with van der Waals surface area (Å²) in [5.41, 5.74) is 3.80. The lowest BCUT2D eigenvalue weighted by atomic mass is 10.1. The Kier molecular flexibility index (Phi) is 5.71. The predicted octanol–water partition coefficient (Wildman–Crippen LogP) is 4.56. The molecular formula is C20H31N3. The van der Waals surface area contributed by atoms with Gasteiger partial charge in [0.05, 0.1) is 11.0 Å². The van der Waals surface area contributed by atoms with Gasteiger partial charge in [-0.05, 0) is 76.4 Å². The number of piperidine rings is 1. The molecule has 1 aliphatic rings. The van der Waals surface area contributed by atoms with Crippen molar-refractivity contribution in [2.75, 3.05) is 19.6 Å². The van der Waals surface area contributed by atoms with Gasteiger partial charge in [-0.1, -0.05) is 19.4 Å². The standard InChI is InChI=1S/C20H31N3/c1-3-12-23-19-16-17(2)10-11-18(19)21-20(23)9-5-8-15-22-13-6-4-7-14-22/h10-11,16H,3-9,12-15H2,1-2H3. The minimum atomic E-state index is 1.08. The molecule has 126 valence electrons. The number of nitrogens with zero attached hydrogens (tertiary/aromatic N) is 3.